The van der Waals surface area contributed by atoms with Crippen LogP contribution in [0.4, 0.5) is 11.4 Å². The Morgan fingerprint density at radius 1 is 1.10 bits per heavy atom. The number of para-hydroxylation sites is 2. The molecule has 1 aromatic heterocycles. The van der Waals surface area contributed by atoms with E-state index >= 15 is 0 Å². The minimum Gasteiger partial charge on any atom is -0.451 e. The number of amides is 2. The first kappa shape index (κ1) is 19.3. The second-order valence-corrected chi connectivity index (χ2v) is 6.91. The fourth-order valence-electron chi connectivity index (χ4n) is 3.50. The summed E-state index contributed by atoms with van der Waals surface area (Å²) in [5.41, 5.74) is 0.536. The highest BCUT2D eigenvalue weighted by atomic mass is 16.5. The molecule has 3 aromatic rings. The summed E-state index contributed by atoms with van der Waals surface area (Å²) in [7, 11) is 0. The summed E-state index contributed by atoms with van der Waals surface area (Å²) in [6, 6.07) is 13.0. The largest absolute Gasteiger partial charge is 0.451 e. The van der Waals surface area contributed by atoms with Gasteiger partial charge >= 0.3 is 5.97 Å². The van der Waals surface area contributed by atoms with Crippen molar-refractivity contribution in [3.05, 3.63) is 64.6 Å². The Hall–Kier alpha value is -4.01. The van der Waals surface area contributed by atoms with Gasteiger partial charge in [0.15, 0.2) is 12.3 Å². The van der Waals surface area contributed by atoms with Crippen LogP contribution >= 0.6 is 0 Å². The van der Waals surface area contributed by atoms with E-state index < -0.39 is 30.1 Å². The fourth-order valence-corrected chi connectivity index (χ4v) is 3.50. The molecule has 0 bridgehead atoms. The van der Waals surface area contributed by atoms with Gasteiger partial charge in [0.25, 0.3) is 11.5 Å². The molecular weight excluding hydrogens is 388 g/mol. The summed E-state index contributed by atoms with van der Waals surface area (Å²) in [4.78, 5) is 50.8. The Labute approximate surface area is 170 Å². The van der Waals surface area contributed by atoms with Crippen LogP contribution in [-0.4, -0.2) is 40.6 Å². The van der Waals surface area contributed by atoms with Crippen molar-refractivity contribution >= 4 is 39.9 Å². The molecule has 9 heteroatoms. The fraction of sp³-hybridized carbons (Fsp3) is 0.190. The molecule has 2 aromatic carbocycles. The van der Waals surface area contributed by atoms with Gasteiger partial charge in [0.2, 0.25) is 5.91 Å². The molecule has 2 amide bonds. The molecule has 0 aliphatic carbocycles. The number of rotatable bonds is 3. The number of carbonyl (C=O) groups excluding carboxylic acids is 3. The second-order valence-electron chi connectivity index (χ2n) is 6.91. The van der Waals surface area contributed by atoms with Crippen molar-refractivity contribution in [3.8, 4) is 0 Å². The lowest BCUT2D eigenvalue weighted by Gasteiger charge is -2.27. The molecule has 30 heavy (non-hydrogen) atoms. The van der Waals surface area contributed by atoms with Gasteiger partial charge in [-0.25, -0.2) is 9.89 Å². The zero-order valence-corrected chi connectivity index (χ0v) is 16.0. The summed E-state index contributed by atoms with van der Waals surface area (Å²) in [6.45, 7) is 1.21. The number of H-pyrrole nitrogens is 1. The highest BCUT2D eigenvalue weighted by Gasteiger charge is 2.30. The summed E-state index contributed by atoms with van der Waals surface area (Å²) in [5, 5.41) is 9.44. The maximum Gasteiger partial charge on any atom is 0.359 e. The quantitative estimate of drug-likeness (QED) is 0.640. The molecule has 1 aliphatic rings. The van der Waals surface area contributed by atoms with Gasteiger partial charge in [-0.05, 0) is 25.1 Å². The maximum absolute atomic E-state index is 12.9. The Morgan fingerprint density at radius 3 is 2.60 bits per heavy atom. The molecule has 0 fully saturated rings. The van der Waals surface area contributed by atoms with Gasteiger partial charge in [0.1, 0.15) is 0 Å². The lowest BCUT2D eigenvalue weighted by molar-refractivity contribution is -0.122. The first-order chi connectivity index (χ1) is 14.5. The number of nitrogens with one attached hydrogen (secondary N) is 2. The SMILES string of the molecule is C[C@H]1CC(=O)Nc2ccccc2N1C(=O)COC(=O)c1n[nH]c(=O)c2ccccc12. The topological polar surface area (TPSA) is 121 Å². The van der Waals surface area contributed by atoms with Gasteiger partial charge in [0, 0.05) is 17.8 Å². The van der Waals surface area contributed by atoms with Crippen molar-refractivity contribution in [1.82, 2.24) is 10.2 Å². The van der Waals surface area contributed by atoms with Gasteiger partial charge in [-0.3, -0.25) is 14.4 Å². The Kier molecular flexibility index (Phi) is 5.01. The van der Waals surface area contributed by atoms with Gasteiger partial charge in [-0.2, -0.15) is 5.10 Å². The molecule has 1 aliphatic heterocycles. The number of nitrogens with zero attached hydrogens (tertiary/aromatic N) is 2. The van der Waals surface area contributed by atoms with Gasteiger partial charge < -0.3 is 15.0 Å². The summed E-state index contributed by atoms with van der Waals surface area (Å²) in [5.74, 6) is -1.51. The van der Waals surface area contributed by atoms with E-state index in [1.807, 2.05) is 0 Å². The van der Waals surface area contributed by atoms with E-state index in [0.717, 1.165) is 0 Å². The van der Waals surface area contributed by atoms with E-state index in [4.69, 9.17) is 4.74 Å². The number of hydrogen-bond donors (Lipinski definition) is 2. The molecule has 0 saturated heterocycles. The van der Waals surface area contributed by atoms with Crippen molar-refractivity contribution in [3.63, 3.8) is 0 Å². The monoisotopic (exact) mass is 406 g/mol. The van der Waals surface area contributed by atoms with E-state index in [0.29, 0.717) is 22.1 Å². The normalized spacial score (nSPS) is 15.8. The van der Waals surface area contributed by atoms with Crippen molar-refractivity contribution in [2.45, 2.75) is 19.4 Å². The number of aromatic nitrogens is 2. The van der Waals surface area contributed by atoms with Gasteiger partial charge in [-0.15, -0.1) is 0 Å². The van der Waals surface area contributed by atoms with Crippen molar-refractivity contribution in [1.29, 1.82) is 0 Å². The Morgan fingerprint density at radius 2 is 1.80 bits per heavy atom. The lowest BCUT2D eigenvalue weighted by atomic mass is 10.1. The van der Waals surface area contributed by atoms with Crippen LogP contribution in [0.3, 0.4) is 0 Å². The zero-order chi connectivity index (χ0) is 21.3. The molecule has 0 radical (unpaired) electrons. The van der Waals surface area contributed by atoms with Crippen LogP contribution in [0.1, 0.15) is 23.8 Å². The van der Waals surface area contributed by atoms with Crippen LogP contribution in [0, 0.1) is 0 Å². The Bertz CT molecular complexity index is 1220. The molecular formula is C21H18N4O5. The van der Waals surface area contributed by atoms with E-state index in [2.05, 4.69) is 15.5 Å². The number of aromatic amines is 1. The molecule has 0 spiro atoms. The third-order valence-electron chi connectivity index (χ3n) is 4.84. The van der Waals surface area contributed by atoms with Crippen molar-refractivity contribution < 1.29 is 19.1 Å². The van der Waals surface area contributed by atoms with Crippen LogP contribution in [0.5, 0.6) is 0 Å². The number of hydrogen-bond acceptors (Lipinski definition) is 6. The number of ether oxygens (including phenoxy) is 1. The van der Waals surface area contributed by atoms with E-state index in [1.54, 1.807) is 55.5 Å². The van der Waals surface area contributed by atoms with Crippen molar-refractivity contribution in [2.24, 2.45) is 0 Å². The molecule has 0 unspecified atom stereocenters. The molecule has 1 atom stereocenters. The van der Waals surface area contributed by atoms with Crippen LogP contribution in [-0.2, 0) is 14.3 Å². The highest BCUT2D eigenvalue weighted by molar-refractivity contribution is 6.06. The maximum atomic E-state index is 12.9. The summed E-state index contributed by atoms with van der Waals surface area (Å²) in [6.07, 6.45) is 0.112. The van der Waals surface area contributed by atoms with Crippen LogP contribution in [0.25, 0.3) is 10.8 Å². The highest BCUT2D eigenvalue weighted by Crippen LogP contribution is 2.31. The average Bonchev–Trinajstić information content (AvgIpc) is 2.86. The molecule has 0 saturated carbocycles. The minimum atomic E-state index is -0.833. The predicted octanol–water partition coefficient (Wildman–Crippen LogP) is 1.84. The first-order valence-corrected chi connectivity index (χ1v) is 9.31. The minimum absolute atomic E-state index is 0.0841. The van der Waals surface area contributed by atoms with Crippen LogP contribution in [0.15, 0.2) is 53.3 Å². The summed E-state index contributed by atoms with van der Waals surface area (Å²) >= 11 is 0. The standard InChI is InChI=1S/C21H18N4O5/c1-12-10-17(26)22-15-8-4-5-9-16(15)25(12)18(27)11-30-21(29)19-13-6-2-3-7-14(13)20(28)24-23-19/h2-9,12H,10-11H2,1H3,(H,22,26)(H,24,28)/t12-/m0/s1. The van der Waals surface area contributed by atoms with Gasteiger partial charge in [0.05, 0.1) is 16.8 Å². The zero-order valence-electron chi connectivity index (χ0n) is 16.0. The Balaban J connectivity index is 1.57. The summed E-state index contributed by atoms with van der Waals surface area (Å²) < 4.78 is 5.20. The molecule has 2 N–H and O–H groups in total. The molecule has 152 valence electrons. The van der Waals surface area contributed by atoms with Crippen LogP contribution < -0.4 is 15.8 Å². The molecule has 9 nitrogen and oxygen atoms in total. The number of benzene rings is 2. The lowest BCUT2D eigenvalue weighted by Crippen LogP contribution is -2.41. The van der Waals surface area contributed by atoms with E-state index in [9.17, 15) is 19.2 Å². The molecule has 2 heterocycles. The molecule has 4 rings (SSSR count). The third-order valence-corrected chi connectivity index (χ3v) is 4.84. The predicted molar refractivity (Wildman–Crippen MR) is 109 cm³/mol. The number of esters is 1. The van der Waals surface area contributed by atoms with Crippen LogP contribution in [0.2, 0.25) is 0 Å². The number of carbonyl (C=O) groups is 3. The third kappa shape index (κ3) is 3.52. The van der Waals surface area contributed by atoms with E-state index in [1.165, 1.54) is 4.90 Å². The van der Waals surface area contributed by atoms with Crippen molar-refractivity contribution in [2.75, 3.05) is 16.8 Å². The number of anilines is 2. The average molecular weight is 406 g/mol. The van der Waals surface area contributed by atoms with E-state index in [-0.39, 0.29) is 18.0 Å². The second kappa shape index (κ2) is 7.78. The van der Waals surface area contributed by atoms with Gasteiger partial charge in [-0.1, -0.05) is 30.3 Å². The number of fused-ring (bicyclic) bond motifs is 2. The smallest absolute Gasteiger partial charge is 0.359 e. The first-order valence-electron chi connectivity index (χ1n) is 9.31.